The molecule has 4 aromatic rings. The lowest BCUT2D eigenvalue weighted by Crippen LogP contribution is -2.23. The van der Waals surface area contributed by atoms with Gasteiger partial charge in [-0.2, -0.15) is 9.50 Å². The number of esters is 1. The summed E-state index contributed by atoms with van der Waals surface area (Å²) in [6.45, 7) is 4.05. The number of hydrogen-bond donors (Lipinski definition) is 0. The van der Waals surface area contributed by atoms with Crippen molar-refractivity contribution in [2.45, 2.75) is 0 Å². The molecule has 0 bridgehead atoms. The van der Waals surface area contributed by atoms with E-state index in [1.54, 1.807) is 36.4 Å². The molecule has 0 aliphatic rings. The maximum absolute atomic E-state index is 12.7. The molecule has 0 saturated heterocycles. The molecule has 4 rings (SSSR count). The number of fused-ring (bicyclic) bond motifs is 1. The second-order valence-electron chi connectivity index (χ2n) is 6.28. The summed E-state index contributed by atoms with van der Waals surface area (Å²) < 4.78 is 12.0. The Morgan fingerprint density at radius 2 is 1.90 bits per heavy atom. The molecule has 0 amide bonds. The first-order valence-electron chi connectivity index (χ1n) is 9.03. The number of ether oxygens (including phenoxy) is 2. The van der Waals surface area contributed by atoms with Crippen LogP contribution in [-0.4, -0.2) is 34.3 Å². The zero-order chi connectivity index (χ0) is 21.1. The molecule has 2 aromatic heterocycles. The van der Waals surface area contributed by atoms with E-state index >= 15 is 0 Å². The predicted molar refractivity (Wildman–Crippen MR) is 115 cm³/mol. The average Bonchev–Trinajstić information content (AvgIpc) is 3.32. The number of thiazole rings is 1. The third kappa shape index (κ3) is 3.85. The van der Waals surface area contributed by atoms with Gasteiger partial charge in [-0.25, -0.2) is 4.79 Å². The van der Waals surface area contributed by atoms with Crippen LogP contribution >= 0.6 is 11.3 Å². The fraction of sp³-hybridized carbons (Fsp3) is 0.0909. The van der Waals surface area contributed by atoms with Gasteiger partial charge in [0.15, 0.2) is 5.82 Å². The number of methoxy groups -OCH3 is 1. The lowest BCUT2D eigenvalue weighted by atomic mass is 10.1. The number of carbonyl (C=O) groups is 1. The van der Waals surface area contributed by atoms with Crippen molar-refractivity contribution in [3.05, 3.63) is 87.2 Å². The van der Waals surface area contributed by atoms with Gasteiger partial charge in [0.2, 0.25) is 4.96 Å². The standard InChI is InChI=1S/C22H17N3O4S/c1-3-12-29-17-10-8-15(9-11-17)19-23-22-25(24-19)20(26)18(30-22)13-14-4-6-16(7-5-14)21(27)28-2/h3-11,13H,1,12H2,2H3. The van der Waals surface area contributed by atoms with Crippen LogP contribution in [0.1, 0.15) is 15.9 Å². The minimum atomic E-state index is -0.405. The highest BCUT2D eigenvalue weighted by atomic mass is 32.1. The molecule has 0 radical (unpaired) electrons. The van der Waals surface area contributed by atoms with Crippen molar-refractivity contribution in [2.75, 3.05) is 13.7 Å². The summed E-state index contributed by atoms with van der Waals surface area (Å²) in [5, 5.41) is 4.35. The lowest BCUT2D eigenvalue weighted by Gasteiger charge is -2.02. The van der Waals surface area contributed by atoms with E-state index in [1.807, 2.05) is 24.3 Å². The topological polar surface area (TPSA) is 82.8 Å². The molecule has 0 N–H and O–H groups in total. The van der Waals surface area contributed by atoms with Crippen LogP contribution < -0.4 is 14.8 Å². The fourth-order valence-electron chi connectivity index (χ4n) is 2.80. The van der Waals surface area contributed by atoms with E-state index in [9.17, 15) is 9.59 Å². The predicted octanol–water partition coefficient (Wildman–Crippen LogP) is 2.72. The summed E-state index contributed by atoms with van der Waals surface area (Å²) >= 11 is 1.26. The summed E-state index contributed by atoms with van der Waals surface area (Å²) in [6.07, 6.45) is 3.42. The van der Waals surface area contributed by atoms with Crippen LogP contribution in [0.15, 0.2) is 66.0 Å². The van der Waals surface area contributed by atoms with Crippen molar-refractivity contribution in [1.29, 1.82) is 0 Å². The Balaban J connectivity index is 1.62. The zero-order valence-electron chi connectivity index (χ0n) is 16.1. The summed E-state index contributed by atoms with van der Waals surface area (Å²) in [5.74, 6) is 0.791. The second kappa shape index (κ2) is 8.30. The van der Waals surface area contributed by atoms with Crippen molar-refractivity contribution in [2.24, 2.45) is 0 Å². The molecule has 0 aliphatic carbocycles. The highest BCUT2D eigenvalue weighted by molar-refractivity contribution is 7.15. The molecule has 2 heterocycles. The number of hydrogen-bond acceptors (Lipinski definition) is 7. The number of nitrogens with zero attached hydrogens (tertiary/aromatic N) is 3. The van der Waals surface area contributed by atoms with E-state index in [2.05, 4.69) is 21.4 Å². The van der Waals surface area contributed by atoms with E-state index in [-0.39, 0.29) is 5.56 Å². The van der Waals surface area contributed by atoms with Gasteiger partial charge in [-0.05, 0) is 48.0 Å². The molecule has 0 atom stereocenters. The SMILES string of the molecule is C=CCOc1ccc(-c2nc3sc(=Cc4ccc(C(=O)OC)cc4)c(=O)n3n2)cc1. The third-order valence-corrected chi connectivity index (χ3v) is 5.25. The van der Waals surface area contributed by atoms with Gasteiger partial charge < -0.3 is 9.47 Å². The van der Waals surface area contributed by atoms with E-state index in [0.29, 0.717) is 27.5 Å². The Morgan fingerprint density at radius 3 is 2.53 bits per heavy atom. The number of carbonyl (C=O) groups excluding carboxylic acids is 1. The quantitative estimate of drug-likeness (QED) is 0.353. The van der Waals surface area contributed by atoms with Gasteiger partial charge in [0.25, 0.3) is 5.56 Å². The van der Waals surface area contributed by atoms with Crippen LogP contribution in [0, 0.1) is 0 Å². The molecule has 0 fully saturated rings. The van der Waals surface area contributed by atoms with E-state index in [1.165, 1.54) is 23.0 Å². The molecular formula is C22H17N3O4S. The Hall–Kier alpha value is -3.78. The lowest BCUT2D eigenvalue weighted by molar-refractivity contribution is 0.0600. The Morgan fingerprint density at radius 1 is 1.17 bits per heavy atom. The van der Waals surface area contributed by atoms with Crippen molar-refractivity contribution in [3.63, 3.8) is 0 Å². The maximum atomic E-state index is 12.7. The van der Waals surface area contributed by atoms with E-state index in [0.717, 1.165) is 16.9 Å². The van der Waals surface area contributed by atoms with Crippen LogP contribution in [0.25, 0.3) is 22.4 Å². The van der Waals surface area contributed by atoms with Gasteiger partial charge in [-0.3, -0.25) is 4.79 Å². The molecule has 7 nitrogen and oxygen atoms in total. The van der Waals surface area contributed by atoms with Gasteiger partial charge in [-0.15, -0.1) is 5.10 Å². The van der Waals surface area contributed by atoms with Gasteiger partial charge in [0.1, 0.15) is 12.4 Å². The first kappa shape index (κ1) is 19.5. The molecule has 8 heteroatoms. The van der Waals surface area contributed by atoms with Crippen molar-refractivity contribution in [1.82, 2.24) is 14.6 Å². The summed E-state index contributed by atoms with van der Waals surface area (Å²) in [5.41, 5.74) is 1.79. The fourth-order valence-corrected chi connectivity index (χ4v) is 3.70. The first-order valence-corrected chi connectivity index (χ1v) is 9.84. The molecule has 2 aromatic carbocycles. The van der Waals surface area contributed by atoms with Gasteiger partial charge in [0, 0.05) is 5.56 Å². The van der Waals surface area contributed by atoms with E-state index < -0.39 is 5.97 Å². The Kier molecular flexibility index (Phi) is 5.40. The second-order valence-corrected chi connectivity index (χ2v) is 7.29. The zero-order valence-corrected chi connectivity index (χ0v) is 16.9. The molecule has 30 heavy (non-hydrogen) atoms. The summed E-state index contributed by atoms with van der Waals surface area (Å²) in [4.78, 5) is 29.2. The van der Waals surface area contributed by atoms with Crippen LogP contribution in [0.5, 0.6) is 5.75 Å². The number of benzene rings is 2. The third-order valence-electron chi connectivity index (χ3n) is 4.29. The molecular weight excluding hydrogens is 402 g/mol. The Labute approximate surface area is 175 Å². The van der Waals surface area contributed by atoms with E-state index in [4.69, 9.17) is 4.74 Å². The van der Waals surface area contributed by atoms with Gasteiger partial charge in [0.05, 0.1) is 17.2 Å². The average molecular weight is 419 g/mol. The maximum Gasteiger partial charge on any atom is 0.337 e. The van der Waals surface area contributed by atoms with Crippen molar-refractivity contribution in [3.8, 4) is 17.1 Å². The van der Waals surface area contributed by atoms with Crippen LogP contribution in [0.2, 0.25) is 0 Å². The van der Waals surface area contributed by atoms with Crippen molar-refractivity contribution < 1.29 is 14.3 Å². The normalized spacial score (nSPS) is 11.6. The van der Waals surface area contributed by atoms with Crippen LogP contribution in [-0.2, 0) is 4.74 Å². The highest BCUT2D eigenvalue weighted by Gasteiger charge is 2.12. The van der Waals surface area contributed by atoms with Crippen molar-refractivity contribution >= 4 is 28.3 Å². The first-order chi connectivity index (χ1) is 14.6. The largest absolute Gasteiger partial charge is 0.490 e. The molecule has 0 aliphatic heterocycles. The smallest absolute Gasteiger partial charge is 0.337 e. The molecule has 0 spiro atoms. The molecule has 150 valence electrons. The molecule has 0 saturated carbocycles. The Bertz CT molecular complexity index is 1320. The minimum absolute atomic E-state index is 0.239. The van der Waals surface area contributed by atoms with Gasteiger partial charge in [-0.1, -0.05) is 36.1 Å². The monoisotopic (exact) mass is 419 g/mol. The summed E-state index contributed by atoms with van der Waals surface area (Å²) in [7, 11) is 1.33. The van der Waals surface area contributed by atoms with Crippen LogP contribution in [0.4, 0.5) is 0 Å². The van der Waals surface area contributed by atoms with Crippen LogP contribution in [0.3, 0.4) is 0 Å². The number of rotatable bonds is 6. The van der Waals surface area contributed by atoms with Gasteiger partial charge >= 0.3 is 5.97 Å². The summed E-state index contributed by atoms with van der Waals surface area (Å²) in [6, 6.07) is 14.1. The molecule has 0 unspecified atom stereocenters. The minimum Gasteiger partial charge on any atom is -0.490 e. The highest BCUT2D eigenvalue weighted by Crippen LogP contribution is 2.20. The number of aromatic nitrogens is 3.